The average molecular weight is 794 g/mol. The van der Waals surface area contributed by atoms with Gasteiger partial charge in [0.15, 0.2) is 40.6 Å². The molecule has 0 spiro atoms. The first kappa shape index (κ1) is 37.5. The molecule has 2 heterocycles. The van der Waals surface area contributed by atoms with E-state index in [4.69, 9.17) is 36.5 Å². The van der Waals surface area contributed by atoms with Crippen LogP contribution in [0, 0.1) is 6.57 Å². The average Bonchev–Trinajstić information content (AvgIpc) is 3.37. The highest BCUT2D eigenvalue weighted by Gasteiger charge is 2.21. The van der Waals surface area contributed by atoms with E-state index in [0.29, 0.717) is 40.6 Å². The van der Waals surface area contributed by atoms with Crippen LogP contribution in [0.15, 0.2) is 212 Å². The molecule has 290 valence electrons. The Kier molecular flexibility index (Phi) is 10.2. The molecule has 8 aromatic carbocycles. The minimum atomic E-state index is 0.523. The summed E-state index contributed by atoms with van der Waals surface area (Å²) in [5.41, 5.74) is 11.4. The monoisotopic (exact) mass is 793 g/mol. The van der Waals surface area contributed by atoms with Crippen LogP contribution < -0.4 is 0 Å². The van der Waals surface area contributed by atoms with Crippen molar-refractivity contribution in [2.75, 3.05) is 0 Å². The number of benzene rings is 8. The van der Waals surface area contributed by atoms with E-state index in [0.717, 1.165) is 66.8 Å². The molecule has 10 rings (SSSR count). The van der Waals surface area contributed by atoms with Gasteiger partial charge in [0.2, 0.25) is 0 Å². The maximum Gasteiger partial charge on any atom is 0.187 e. The van der Waals surface area contributed by atoms with E-state index in [1.165, 1.54) is 0 Å². The second kappa shape index (κ2) is 16.9. The zero-order valence-corrected chi connectivity index (χ0v) is 33.3. The third-order valence-electron chi connectivity index (χ3n) is 10.6. The lowest BCUT2D eigenvalue weighted by molar-refractivity contribution is 1.07. The van der Waals surface area contributed by atoms with Gasteiger partial charge in [0, 0.05) is 33.4 Å². The van der Waals surface area contributed by atoms with Gasteiger partial charge >= 0.3 is 0 Å². The Balaban J connectivity index is 1.25. The first-order valence-corrected chi connectivity index (χ1v) is 20.2. The highest BCUT2D eigenvalue weighted by Crippen LogP contribution is 2.42. The third kappa shape index (κ3) is 7.75. The lowest BCUT2D eigenvalue weighted by Crippen LogP contribution is -2.02. The normalized spacial score (nSPS) is 10.9. The zero-order valence-electron chi connectivity index (χ0n) is 33.3. The van der Waals surface area contributed by atoms with Crippen LogP contribution in [0.4, 0.5) is 5.69 Å². The molecule has 0 radical (unpaired) electrons. The first-order valence-electron chi connectivity index (χ1n) is 20.2. The van der Waals surface area contributed by atoms with Crippen LogP contribution in [0.1, 0.15) is 0 Å². The molecule has 10 aromatic rings. The van der Waals surface area contributed by atoms with Gasteiger partial charge in [0.1, 0.15) is 0 Å². The molecule has 2 aromatic heterocycles. The summed E-state index contributed by atoms with van der Waals surface area (Å²) >= 11 is 0. The standard InChI is InChI=1S/C55H35N7/c1-56-45-29-17-28-43(34-45)46-32-31-44(54-59-50(38-20-9-3-10-21-38)57-51(60-54)39-22-11-4-12-23-39)36-48(46)47-33-30-42(37-18-7-2-8-19-37)35-49(47)55-61-52(40-24-13-5-14-25-40)58-53(62-55)41-26-15-6-16-27-41/h2-36H. The molecule has 0 bridgehead atoms. The van der Waals surface area contributed by atoms with Crippen LogP contribution in [0.2, 0.25) is 0 Å². The van der Waals surface area contributed by atoms with Gasteiger partial charge in [-0.05, 0) is 51.6 Å². The van der Waals surface area contributed by atoms with Gasteiger partial charge in [-0.1, -0.05) is 194 Å². The van der Waals surface area contributed by atoms with Gasteiger partial charge in [-0.15, -0.1) is 0 Å². The van der Waals surface area contributed by atoms with Gasteiger partial charge in [0.25, 0.3) is 0 Å². The summed E-state index contributed by atoms with van der Waals surface area (Å²) in [5, 5.41) is 0. The summed E-state index contributed by atoms with van der Waals surface area (Å²) in [6.45, 7) is 7.86. The van der Waals surface area contributed by atoms with Gasteiger partial charge in [-0.25, -0.2) is 34.7 Å². The highest BCUT2D eigenvalue weighted by molar-refractivity contribution is 5.94. The second-order valence-electron chi connectivity index (χ2n) is 14.6. The molecule has 0 atom stereocenters. The highest BCUT2D eigenvalue weighted by atomic mass is 15.0. The van der Waals surface area contributed by atoms with Crippen molar-refractivity contribution >= 4 is 5.69 Å². The van der Waals surface area contributed by atoms with Gasteiger partial charge in [0.05, 0.1) is 6.57 Å². The maximum atomic E-state index is 7.86. The fraction of sp³-hybridized carbons (Fsp3) is 0. The Morgan fingerprint density at radius 3 is 1.08 bits per heavy atom. The van der Waals surface area contributed by atoms with Crippen LogP contribution in [0.3, 0.4) is 0 Å². The van der Waals surface area contributed by atoms with E-state index in [-0.39, 0.29) is 0 Å². The molecule has 0 aliphatic heterocycles. The topological polar surface area (TPSA) is 81.7 Å². The largest absolute Gasteiger partial charge is 0.238 e. The minimum Gasteiger partial charge on any atom is -0.238 e. The van der Waals surface area contributed by atoms with Crippen LogP contribution in [0.25, 0.3) is 107 Å². The molecular formula is C55H35N7. The van der Waals surface area contributed by atoms with Crippen molar-refractivity contribution in [2.45, 2.75) is 0 Å². The van der Waals surface area contributed by atoms with Crippen molar-refractivity contribution < 1.29 is 0 Å². The molecule has 0 aliphatic carbocycles. The summed E-state index contributed by atoms with van der Waals surface area (Å²) in [5.74, 6) is 3.33. The zero-order chi connectivity index (χ0) is 41.7. The van der Waals surface area contributed by atoms with E-state index in [1.54, 1.807) is 0 Å². The predicted molar refractivity (Wildman–Crippen MR) is 248 cm³/mol. The lowest BCUT2D eigenvalue weighted by Gasteiger charge is -2.18. The minimum absolute atomic E-state index is 0.523. The fourth-order valence-corrected chi connectivity index (χ4v) is 7.54. The summed E-state index contributed by atoms with van der Waals surface area (Å²) in [7, 11) is 0. The summed E-state index contributed by atoms with van der Waals surface area (Å²) < 4.78 is 0. The lowest BCUT2D eigenvalue weighted by atomic mass is 9.88. The van der Waals surface area contributed by atoms with Crippen LogP contribution >= 0.6 is 0 Å². The summed E-state index contributed by atoms with van der Waals surface area (Å²) in [4.78, 5) is 34.4. The van der Waals surface area contributed by atoms with E-state index in [2.05, 4.69) is 47.3 Å². The first-order chi connectivity index (χ1) is 30.7. The molecule has 0 saturated carbocycles. The molecule has 7 heteroatoms. The quantitative estimate of drug-likeness (QED) is 0.135. The van der Waals surface area contributed by atoms with Crippen LogP contribution in [0.5, 0.6) is 0 Å². The van der Waals surface area contributed by atoms with E-state index < -0.39 is 0 Å². The molecule has 7 nitrogen and oxygen atoms in total. The van der Waals surface area contributed by atoms with Crippen molar-refractivity contribution in [1.29, 1.82) is 0 Å². The Morgan fingerprint density at radius 2 is 0.613 bits per heavy atom. The third-order valence-corrected chi connectivity index (χ3v) is 10.6. The SMILES string of the molecule is [C-]#[N+]c1cccc(-c2ccc(-c3nc(-c4ccccc4)nc(-c4ccccc4)n3)cc2-c2ccc(-c3ccccc3)cc2-c2nc(-c3ccccc3)nc(-c3ccccc3)n2)c1. The van der Waals surface area contributed by atoms with Crippen molar-refractivity contribution in [1.82, 2.24) is 29.9 Å². The Hall–Kier alpha value is -8.73. The van der Waals surface area contributed by atoms with Crippen molar-refractivity contribution in [2.24, 2.45) is 0 Å². The smallest absolute Gasteiger partial charge is 0.187 e. The molecule has 0 saturated heterocycles. The van der Waals surface area contributed by atoms with Gasteiger partial charge in [-0.3, -0.25) is 0 Å². The van der Waals surface area contributed by atoms with E-state index >= 15 is 0 Å². The maximum absolute atomic E-state index is 7.86. The number of hydrogen-bond acceptors (Lipinski definition) is 6. The predicted octanol–water partition coefficient (Wildman–Crippen LogP) is 13.6. The van der Waals surface area contributed by atoms with Gasteiger partial charge in [-0.2, -0.15) is 0 Å². The molecule has 0 amide bonds. The second-order valence-corrected chi connectivity index (χ2v) is 14.6. The number of aromatic nitrogens is 6. The van der Waals surface area contributed by atoms with E-state index in [9.17, 15) is 0 Å². The van der Waals surface area contributed by atoms with Crippen molar-refractivity contribution in [3.63, 3.8) is 0 Å². The molecular weight excluding hydrogens is 759 g/mol. The number of nitrogens with zero attached hydrogens (tertiary/aromatic N) is 7. The summed E-state index contributed by atoms with van der Waals surface area (Å²) in [6, 6.07) is 70.7. The number of rotatable bonds is 9. The van der Waals surface area contributed by atoms with E-state index in [1.807, 2.05) is 170 Å². The molecule has 0 N–H and O–H groups in total. The van der Waals surface area contributed by atoms with Crippen LogP contribution in [-0.4, -0.2) is 29.9 Å². The molecule has 0 aliphatic rings. The molecule has 0 fully saturated rings. The Morgan fingerprint density at radius 1 is 0.242 bits per heavy atom. The Labute approximate surface area is 359 Å². The van der Waals surface area contributed by atoms with Gasteiger partial charge < -0.3 is 0 Å². The summed E-state index contributed by atoms with van der Waals surface area (Å²) in [6.07, 6.45) is 0. The van der Waals surface area contributed by atoms with Crippen molar-refractivity contribution in [3.8, 4) is 102 Å². The molecule has 62 heavy (non-hydrogen) atoms. The molecule has 0 unspecified atom stereocenters. The fourth-order valence-electron chi connectivity index (χ4n) is 7.54. The Bertz CT molecular complexity index is 3110. The number of hydrogen-bond donors (Lipinski definition) is 0. The van der Waals surface area contributed by atoms with Crippen molar-refractivity contribution in [3.05, 3.63) is 224 Å². The van der Waals surface area contributed by atoms with Crippen LogP contribution in [-0.2, 0) is 0 Å².